The highest BCUT2D eigenvalue weighted by Crippen LogP contribution is 2.36. The fraction of sp³-hybridized carbons (Fsp3) is 0.222. The minimum absolute atomic E-state index is 0.100. The number of fused-ring (bicyclic) bond motifs is 2. The minimum atomic E-state index is -4.59. The predicted octanol–water partition coefficient (Wildman–Crippen LogP) is 3.34. The first-order valence-electron chi connectivity index (χ1n) is 8.69. The van der Waals surface area contributed by atoms with Crippen molar-refractivity contribution in [3.05, 3.63) is 48.5 Å². The Labute approximate surface area is 161 Å². The zero-order chi connectivity index (χ0) is 20.6. The molecule has 4 heterocycles. The van der Waals surface area contributed by atoms with Crippen molar-refractivity contribution < 1.29 is 23.1 Å². The summed E-state index contributed by atoms with van der Waals surface area (Å²) < 4.78 is 43.3. The number of aromatic nitrogens is 5. The average molecular weight is 404 g/mol. The smallest absolute Gasteiger partial charge is 0.431 e. The Morgan fingerprint density at radius 3 is 2.79 bits per heavy atom. The van der Waals surface area contributed by atoms with E-state index in [0.717, 1.165) is 10.5 Å². The first-order valence-corrected chi connectivity index (χ1v) is 8.69. The van der Waals surface area contributed by atoms with Crippen LogP contribution >= 0.6 is 0 Å². The number of carboxylic acids is 1. The van der Waals surface area contributed by atoms with Gasteiger partial charge in [0.2, 0.25) is 0 Å². The molecule has 0 aliphatic heterocycles. The number of nitrogens with one attached hydrogen (secondary N) is 1. The molecule has 4 rings (SSSR count). The molecule has 2 N–H and O–H groups in total. The Balaban J connectivity index is 1.85. The van der Waals surface area contributed by atoms with Crippen molar-refractivity contribution in [2.75, 3.05) is 11.9 Å². The normalized spacial score (nSPS) is 12.0. The molecular formula is C18H15F3N6O2. The van der Waals surface area contributed by atoms with E-state index < -0.39 is 17.8 Å². The zero-order valence-corrected chi connectivity index (χ0v) is 14.9. The third-order valence-electron chi connectivity index (χ3n) is 4.35. The molecule has 0 aliphatic rings. The number of aliphatic carboxylic acids is 1. The van der Waals surface area contributed by atoms with Crippen LogP contribution in [0.15, 0.2) is 42.9 Å². The van der Waals surface area contributed by atoms with Gasteiger partial charge < -0.3 is 10.4 Å². The number of hydrogen-bond acceptors (Lipinski definition) is 5. The maximum atomic E-state index is 13.6. The molecule has 0 bridgehead atoms. The van der Waals surface area contributed by atoms with Crippen LogP contribution in [0.3, 0.4) is 0 Å². The molecule has 0 radical (unpaired) electrons. The van der Waals surface area contributed by atoms with Gasteiger partial charge in [0.1, 0.15) is 29.2 Å². The topological polar surface area (TPSA) is 96.8 Å². The Hall–Kier alpha value is -3.63. The number of imidazole rings is 1. The van der Waals surface area contributed by atoms with Gasteiger partial charge in [-0.2, -0.15) is 18.3 Å². The van der Waals surface area contributed by atoms with Gasteiger partial charge in [-0.15, -0.1) is 0 Å². The highest BCUT2D eigenvalue weighted by Gasteiger charge is 2.35. The summed E-state index contributed by atoms with van der Waals surface area (Å²) in [6.45, 7) is 0.173. The lowest BCUT2D eigenvalue weighted by atomic mass is 10.2. The zero-order valence-electron chi connectivity index (χ0n) is 14.9. The van der Waals surface area contributed by atoms with E-state index in [-0.39, 0.29) is 30.9 Å². The number of pyridine rings is 2. The quantitative estimate of drug-likeness (QED) is 0.479. The summed E-state index contributed by atoms with van der Waals surface area (Å²) in [5.74, 6) is -0.833. The maximum absolute atomic E-state index is 13.6. The SMILES string of the molecule is O=C(O)CCCNc1c(-c2ccn3ncnc3c2)nc2cccc(C(F)(F)F)n12. The molecule has 0 unspecified atom stereocenters. The van der Waals surface area contributed by atoms with Crippen molar-refractivity contribution in [3.8, 4) is 11.3 Å². The Kier molecular flexibility index (Phi) is 4.57. The van der Waals surface area contributed by atoms with Gasteiger partial charge >= 0.3 is 12.1 Å². The highest BCUT2D eigenvalue weighted by molar-refractivity contribution is 5.78. The van der Waals surface area contributed by atoms with Gasteiger partial charge in [0.15, 0.2) is 5.65 Å². The van der Waals surface area contributed by atoms with Crippen molar-refractivity contribution in [1.82, 2.24) is 24.0 Å². The summed E-state index contributed by atoms with van der Waals surface area (Å²) in [5.41, 5.74) is 0.632. The Morgan fingerprint density at radius 1 is 1.21 bits per heavy atom. The second-order valence-corrected chi connectivity index (χ2v) is 6.31. The van der Waals surface area contributed by atoms with Crippen LogP contribution < -0.4 is 5.32 Å². The van der Waals surface area contributed by atoms with E-state index in [4.69, 9.17) is 5.11 Å². The molecule has 0 saturated carbocycles. The van der Waals surface area contributed by atoms with E-state index in [1.807, 2.05) is 0 Å². The van der Waals surface area contributed by atoms with Gasteiger partial charge in [0.25, 0.3) is 0 Å². The van der Waals surface area contributed by atoms with Gasteiger partial charge in [-0.3, -0.25) is 9.20 Å². The van der Waals surface area contributed by atoms with Crippen LogP contribution in [0.5, 0.6) is 0 Å². The van der Waals surface area contributed by atoms with E-state index in [2.05, 4.69) is 20.4 Å². The van der Waals surface area contributed by atoms with Gasteiger partial charge in [0, 0.05) is 24.7 Å². The first-order chi connectivity index (χ1) is 13.8. The molecule has 4 aromatic heterocycles. The Bertz CT molecular complexity index is 1200. The van der Waals surface area contributed by atoms with Crippen molar-refractivity contribution in [1.29, 1.82) is 0 Å². The average Bonchev–Trinajstić information content (AvgIpc) is 3.27. The monoisotopic (exact) mass is 404 g/mol. The largest absolute Gasteiger partial charge is 0.481 e. The fourth-order valence-electron chi connectivity index (χ4n) is 3.09. The summed E-state index contributed by atoms with van der Waals surface area (Å²) in [6, 6.07) is 7.11. The molecule has 0 spiro atoms. The molecule has 150 valence electrons. The maximum Gasteiger partial charge on any atom is 0.431 e. The van der Waals surface area contributed by atoms with Crippen molar-refractivity contribution >= 4 is 23.1 Å². The van der Waals surface area contributed by atoms with Gasteiger partial charge in [-0.1, -0.05) is 6.07 Å². The number of hydrogen-bond donors (Lipinski definition) is 2. The van der Waals surface area contributed by atoms with Crippen molar-refractivity contribution in [2.24, 2.45) is 0 Å². The number of alkyl halides is 3. The van der Waals surface area contributed by atoms with E-state index in [1.165, 1.54) is 23.0 Å². The van der Waals surface area contributed by atoms with Crippen LogP contribution in [0, 0.1) is 0 Å². The lowest BCUT2D eigenvalue weighted by Gasteiger charge is -2.14. The minimum Gasteiger partial charge on any atom is -0.481 e. The highest BCUT2D eigenvalue weighted by atomic mass is 19.4. The van der Waals surface area contributed by atoms with E-state index in [1.54, 1.807) is 18.3 Å². The van der Waals surface area contributed by atoms with Crippen LogP contribution in [-0.4, -0.2) is 41.6 Å². The second-order valence-electron chi connectivity index (χ2n) is 6.31. The lowest BCUT2D eigenvalue weighted by molar-refractivity contribution is -0.142. The molecule has 8 nitrogen and oxygen atoms in total. The predicted molar refractivity (Wildman–Crippen MR) is 97.5 cm³/mol. The van der Waals surface area contributed by atoms with Crippen LogP contribution in [0.4, 0.5) is 19.0 Å². The van der Waals surface area contributed by atoms with Crippen molar-refractivity contribution in [2.45, 2.75) is 19.0 Å². The molecule has 0 aromatic carbocycles. The van der Waals surface area contributed by atoms with Gasteiger partial charge in [-0.25, -0.2) is 14.5 Å². The summed E-state index contributed by atoms with van der Waals surface area (Å²) in [7, 11) is 0. The summed E-state index contributed by atoms with van der Waals surface area (Å²) >= 11 is 0. The molecule has 0 atom stereocenters. The molecule has 0 aliphatic carbocycles. The molecular weight excluding hydrogens is 389 g/mol. The fourth-order valence-corrected chi connectivity index (χ4v) is 3.09. The standard InChI is InChI=1S/C18H15F3N6O2/c19-18(20,21)12-3-1-4-13-25-16(11-6-8-26-14(9-11)23-10-24-26)17(27(12)13)22-7-2-5-15(28)29/h1,3-4,6,8-10,22H,2,5,7H2,(H,28,29). The molecule has 0 fully saturated rings. The number of halogens is 3. The van der Waals surface area contributed by atoms with Crippen molar-refractivity contribution in [3.63, 3.8) is 0 Å². The van der Waals surface area contributed by atoms with Gasteiger partial charge in [-0.05, 0) is 30.7 Å². The number of rotatable bonds is 6. The molecule has 4 aromatic rings. The first kappa shape index (κ1) is 18.7. The van der Waals surface area contributed by atoms with Crippen LogP contribution in [0.25, 0.3) is 22.6 Å². The molecule has 0 saturated heterocycles. The second kappa shape index (κ2) is 7.08. The molecule has 29 heavy (non-hydrogen) atoms. The van der Waals surface area contributed by atoms with Crippen LogP contribution in [0.2, 0.25) is 0 Å². The number of anilines is 1. The number of nitrogens with zero attached hydrogens (tertiary/aromatic N) is 5. The summed E-state index contributed by atoms with van der Waals surface area (Å²) in [5, 5.41) is 15.7. The van der Waals surface area contributed by atoms with Gasteiger partial charge in [0.05, 0.1) is 0 Å². The van der Waals surface area contributed by atoms with E-state index >= 15 is 0 Å². The number of carboxylic acid groups (broad SMARTS) is 1. The van der Waals surface area contributed by atoms with Crippen LogP contribution in [0.1, 0.15) is 18.5 Å². The molecule has 0 amide bonds. The summed E-state index contributed by atoms with van der Waals surface area (Å²) in [4.78, 5) is 19.2. The third-order valence-corrected chi connectivity index (χ3v) is 4.35. The summed E-state index contributed by atoms with van der Waals surface area (Å²) in [6.07, 6.45) is -1.43. The van der Waals surface area contributed by atoms with E-state index in [9.17, 15) is 18.0 Å². The molecule has 11 heteroatoms. The third kappa shape index (κ3) is 3.58. The lowest BCUT2D eigenvalue weighted by Crippen LogP contribution is -2.14. The van der Waals surface area contributed by atoms with Crippen LogP contribution in [-0.2, 0) is 11.0 Å². The van der Waals surface area contributed by atoms with E-state index in [0.29, 0.717) is 16.9 Å². The number of carbonyl (C=O) groups is 1. The Morgan fingerprint density at radius 2 is 2.03 bits per heavy atom.